The Morgan fingerprint density at radius 3 is 2.55 bits per heavy atom. The monoisotopic (exact) mass is 317 g/mol. The van der Waals surface area contributed by atoms with E-state index in [-0.39, 0.29) is 36.3 Å². The molecule has 8 heteroatoms. The number of aromatic nitrogens is 1. The summed E-state index contributed by atoms with van der Waals surface area (Å²) in [7, 11) is 1.50. The van der Waals surface area contributed by atoms with Crippen molar-refractivity contribution < 1.29 is 18.0 Å². The first-order valence-corrected chi connectivity index (χ1v) is 7.02. The van der Waals surface area contributed by atoms with E-state index in [0.29, 0.717) is 12.8 Å². The highest BCUT2D eigenvalue weighted by Crippen LogP contribution is 2.19. The van der Waals surface area contributed by atoms with Crippen molar-refractivity contribution in [2.75, 3.05) is 19.6 Å². The highest BCUT2D eigenvalue weighted by Gasteiger charge is 2.32. The van der Waals surface area contributed by atoms with Gasteiger partial charge in [0.15, 0.2) is 0 Å². The molecule has 1 saturated heterocycles. The predicted molar refractivity (Wildman–Crippen MR) is 74.7 cm³/mol. The zero-order valence-electron chi connectivity index (χ0n) is 12.2. The Labute approximate surface area is 125 Å². The molecule has 1 N–H and O–H groups in total. The smallest absolute Gasteiger partial charge is 0.348 e. The number of nitrogens with one attached hydrogen (secondary N) is 1. The number of amides is 1. The van der Waals surface area contributed by atoms with Crippen LogP contribution in [-0.2, 0) is 7.05 Å². The second kappa shape index (κ2) is 6.51. The SMILES string of the molecule is Cn1c(C(=O)NC2CCN(CC(F)(F)F)CC2)cccc1=O. The molecular weight excluding hydrogens is 299 g/mol. The number of hydrogen-bond acceptors (Lipinski definition) is 3. The van der Waals surface area contributed by atoms with Gasteiger partial charge in [-0.15, -0.1) is 0 Å². The summed E-state index contributed by atoms with van der Waals surface area (Å²) < 4.78 is 38.2. The van der Waals surface area contributed by atoms with Gasteiger partial charge in [0.1, 0.15) is 5.69 Å². The van der Waals surface area contributed by atoms with Crippen LogP contribution in [0.3, 0.4) is 0 Å². The van der Waals surface area contributed by atoms with Crippen LogP contribution < -0.4 is 10.9 Å². The number of nitrogens with zero attached hydrogens (tertiary/aromatic N) is 2. The fraction of sp³-hybridized carbons (Fsp3) is 0.571. The van der Waals surface area contributed by atoms with Gasteiger partial charge in [0, 0.05) is 32.2 Å². The molecule has 0 aliphatic carbocycles. The average molecular weight is 317 g/mol. The summed E-state index contributed by atoms with van der Waals surface area (Å²) in [6.07, 6.45) is -3.27. The minimum atomic E-state index is -4.20. The molecule has 1 aromatic rings. The largest absolute Gasteiger partial charge is 0.401 e. The molecule has 0 saturated carbocycles. The molecule has 0 bridgehead atoms. The molecule has 1 aromatic heterocycles. The van der Waals surface area contributed by atoms with E-state index in [1.165, 1.54) is 34.7 Å². The van der Waals surface area contributed by atoms with Crippen molar-refractivity contribution in [1.82, 2.24) is 14.8 Å². The van der Waals surface area contributed by atoms with Crippen molar-refractivity contribution in [2.45, 2.75) is 25.1 Å². The summed E-state index contributed by atoms with van der Waals surface area (Å²) in [5, 5.41) is 2.78. The number of likely N-dealkylation sites (tertiary alicyclic amines) is 1. The molecule has 1 amide bonds. The zero-order chi connectivity index (χ0) is 16.3. The maximum Gasteiger partial charge on any atom is 0.401 e. The lowest BCUT2D eigenvalue weighted by Crippen LogP contribution is -2.47. The number of halogens is 3. The van der Waals surface area contributed by atoms with Crippen LogP contribution in [0.5, 0.6) is 0 Å². The molecule has 1 fully saturated rings. The lowest BCUT2D eigenvalue weighted by atomic mass is 10.0. The van der Waals surface area contributed by atoms with E-state index in [9.17, 15) is 22.8 Å². The van der Waals surface area contributed by atoms with Gasteiger partial charge in [0.2, 0.25) is 0 Å². The number of pyridine rings is 1. The predicted octanol–water partition coefficient (Wildman–Crippen LogP) is 1.14. The second-order valence-corrected chi connectivity index (χ2v) is 5.45. The third-order valence-corrected chi connectivity index (χ3v) is 3.74. The van der Waals surface area contributed by atoms with Gasteiger partial charge in [-0.25, -0.2) is 0 Å². The van der Waals surface area contributed by atoms with Crippen LogP contribution in [0.15, 0.2) is 23.0 Å². The van der Waals surface area contributed by atoms with E-state index < -0.39 is 12.7 Å². The number of carbonyl (C=O) groups is 1. The van der Waals surface area contributed by atoms with Gasteiger partial charge < -0.3 is 9.88 Å². The van der Waals surface area contributed by atoms with Crippen molar-refractivity contribution in [2.24, 2.45) is 7.05 Å². The van der Waals surface area contributed by atoms with Gasteiger partial charge >= 0.3 is 6.18 Å². The highest BCUT2D eigenvalue weighted by molar-refractivity contribution is 5.92. The molecule has 0 atom stereocenters. The topological polar surface area (TPSA) is 54.3 Å². The van der Waals surface area contributed by atoms with Crippen LogP contribution in [0.4, 0.5) is 13.2 Å². The standard InChI is InChI=1S/C14H18F3N3O2/c1-19-11(3-2-4-12(19)21)13(22)18-10-5-7-20(8-6-10)9-14(15,16)17/h2-4,10H,5-9H2,1H3,(H,18,22). The summed E-state index contributed by atoms with van der Waals surface area (Å²) in [5.74, 6) is -0.380. The van der Waals surface area contributed by atoms with Gasteiger partial charge in [-0.1, -0.05) is 6.07 Å². The zero-order valence-corrected chi connectivity index (χ0v) is 12.2. The Hall–Kier alpha value is -1.83. The van der Waals surface area contributed by atoms with E-state index in [1.807, 2.05) is 0 Å². The molecule has 122 valence electrons. The molecule has 0 unspecified atom stereocenters. The van der Waals surface area contributed by atoms with E-state index >= 15 is 0 Å². The van der Waals surface area contributed by atoms with E-state index in [0.717, 1.165) is 0 Å². The Morgan fingerprint density at radius 1 is 1.32 bits per heavy atom. The van der Waals surface area contributed by atoms with Gasteiger partial charge in [-0.3, -0.25) is 14.5 Å². The number of piperidine rings is 1. The van der Waals surface area contributed by atoms with Crippen molar-refractivity contribution in [3.05, 3.63) is 34.2 Å². The minimum Gasteiger partial charge on any atom is -0.348 e. The minimum absolute atomic E-state index is 0.174. The van der Waals surface area contributed by atoms with Crippen LogP contribution in [0.1, 0.15) is 23.3 Å². The van der Waals surface area contributed by atoms with Gasteiger partial charge in [0.25, 0.3) is 11.5 Å². The number of carbonyl (C=O) groups excluding carboxylic acids is 1. The number of rotatable bonds is 3. The van der Waals surface area contributed by atoms with Crippen molar-refractivity contribution in [1.29, 1.82) is 0 Å². The van der Waals surface area contributed by atoms with Crippen LogP contribution in [-0.4, -0.2) is 47.2 Å². The lowest BCUT2D eigenvalue weighted by molar-refractivity contribution is -0.148. The molecule has 1 aliphatic rings. The van der Waals surface area contributed by atoms with Gasteiger partial charge in [-0.2, -0.15) is 13.2 Å². The molecule has 0 aromatic carbocycles. The summed E-state index contributed by atoms with van der Waals surface area (Å²) in [4.78, 5) is 24.9. The normalized spacial score (nSPS) is 17.5. The van der Waals surface area contributed by atoms with Crippen LogP contribution in [0.2, 0.25) is 0 Å². The number of hydrogen-bond donors (Lipinski definition) is 1. The first-order chi connectivity index (χ1) is 10.3. The fourth-order valence-corrected chi connectivity index (χ4v) is 2.54. The van der Waals surface area contributed by atoms with Crippen LogP contribution >= 0.6 is 0 Å². The molecule has 1 aliphatic heterocycles. The summed E-state index contributed by atoms with van der Waals surface area (Å²) >= 11 is 0. The molecule has 2 heterocycles. The quantitative estimate of drug-likeness (QED) is 0.910. The summed E-state index contributed by atoms with van der Waals surface area (Å²) in [6.45, 7) is -0.336. The first kappa shape index (κ1) is 16.5. The molecule has 0 spiro atoms. The van der Waals surface area contributed by atoms with E-state index in [4.69, 9.17) is 0 Å². The third kappa shape index (κ3) is 4.33. The number of alkyl halides is 3. The second-order valence-electron chi connectivity index (χ2n) is 5.45. The molecule has 0 radical (unpaired) electrons. The first-order valence-electron chi connectivity index (χ1n) is 7.02. The van der Waals surface area contributed by atoms with Gasteiger partial charge in [-0.05, 0) is 18.9 Å². The molecule has 5 nitrogen and oxygen atoms in total. The molecular formula is C14H18F3N3O2. The molecule has 2 rings (SSSR count). The van der Waals surface area contributed by atoms with Crippen molar-refractivity contribution >= 4 is 5.91 Å². The Balaban J connectivity index is 1.89. The maximum atomic E-state index is 12.3. The third-order valence-electron chi connectivity index (χ3n) is 3.74. The average Bonchev–Trinajstić information content (AvgIpc) is 2.42. The van der Waals surface area contributed by atoms with E-state index in [2.05, 4.69) is 5.32 Å². The highest BCUT2D eigenvalue weighted by atomic mass is 19.4. The Morgan fingerprint density at radius 2 is 1.95 bits per heavy atom. The van der Waals surface area contributed by atoms with Crippen molar-refractivity contribution in [3.8, 4) is 0 Å². The lowest BCUT2D eigenvalue weighted by Gasteiger charge is -2.32. The van der Waals surface area contributed by atoms with Crippen LogP contribution in [0.25, 0.3) is 0 Å². The van der Waals surface area contributed by atoms with E-state index in [1.54, 1.807) is 0 Å². The Bertz CT molecular complexity index is 590. The fourth-order valence-electron chi connectivity index (χ4n) is 2.54. The van der Waals surface area contributed by atoms with Crippen molar-refractivity contribution in [3.63, 3.8) is 0 Å². The molecule has 22 heavy (non-hydrogen) atoms. The van der Waals surface area contributed by atoms with Crippen LogP contribution in [0, 0.1) is 0 Å². The maximum absolute atomic E-state index is 12.3. The Kier molecular flexibility index (Phi) is 4.90. The summed E-state index contributed by atoms with van der Waals surface area (Å²) in [6, 6.07) is 4.22. The van der Waals surface area contributed by atoms with Gasteiger partial charge in [0.05, 0.1) is 6.54 Å². The summed E-state index contributed by atoms with van der Waals surface area (Å²) in [5.41, 5.74) is -0.0436.